The maximum absolute atomic E-state index is 14.7. The van der Waals surface area contributed by atoms with Gasteiger partial charge in [0.2, 0.25) is 5.91 Å². The maximum atomic E-state index is 14.7. The van der Waals surface area contributed by atoms with Crippen LogP contribution in [-0.4, -0.2) is 65.0 Å². The first-order valence-electron chi connectivity index (χ1n) is 10.7. The molecule has 0 unspecified atom stereocenters. The van der Waals surface area contributed by atoms with Gasteiger partial charge in [0.1, 0.15) is 6.54 Å². The SMILES string of the molecule is COC(=O)N1CC2(C1)C(=O)N(c1ncc(C)cc1F)CC(=O)N2[C@@H](C)c1ccc(C(F)(F)F)cc1. The fraction of sp³-hybridized carbons (Fsp3) is 0.391. The summed E-state index contributed by atoms with van der Waals surface area (Å²) in [5.41, 5.74) is -1.53. The molecular weight excluding hydrogens is 472 g/mol. The van der Waals surface area contributed by atoms with Crippen LogP contribution in [0, 0.1) is 12.7 Å². The van der Waals surface area contributed by atoms with Gasteiger partial charge in [0.25, 0.3) is 5.91 Å². The molecule has 0 aliphatic carbocycles. The van der Waals surface area contributed by atoms with E-state index >= 15 is 0 Å². The first-order valence-corrected chi connectivity index (χ1v) is 10.7. The Hall–Kier alpha value is -3.70. The van der Waals surface area contributed by atoms with Gasteiger partial charge in [0.05, 0.1) is 31.8 Å². The number of methoxy groups -OCH3 is 1. The summed E-state index contributed by atoms with van der Waals surface area (Å²) in [7, 11) is 1.17. The lowest BCUT2D eigenvalue weighted by Gasteiger charge is -2.58. The van der Waals surface area contributed by atoms with E-state index in [-0.39, 0.29) is 18.9 Å². The number of pyridine rings is 1. The van der Waals surface area contributed by atoms with E-state index in [0.29, 0.717) is 11.1 Å². The highest BCUT2D eigenvalue weighted by atomic mass is 19.4. The third-order valence-corrected chi connectivity index (χ3v) is 6.33. The lowest BCUT2D eigenvalue weighted by molar-refractivity contribution is -0.165. The highest BCUT2D eigenvalue weighted by Crippen LogP contribution is 2.41. The van der Waals surface area contributed by atoms with Gasteiger partial charge < -0.3 is 14.5 Å². The average molecular weight is 494 g/mol. The first kappa shape index (κ1) is 24.4. The highest BCUT2D eigenvalue weighted by molar-refractivity contribution is 6.10. The monoisotopic (exact) mass is 494 g/mol. The van der Waals surface area contributed by atoms with Crippen LogP contribution in [0.4, 0.5) is 28.2 Å². The van der Waals surface area contributed by atoms with Crippen LogP contribution in [0.3, 0.4) is 0 Å². The number of aryl methyl sites for hydroxylation is 1. The lowest BCUT2D eigenvalue weighted by Crippen LogP contribution is -2.81. The number of rotatable bonds is 3. The number of halogens is 4. The first-order chi connectivity index (χ1) is 16.4. The fourth-order valence-electron chi connectivity index (χ4n) is 4.59. The van der Waals surface area contributed by atoms with Crippen molar-refractivity contribution >= 4 is 23.7 Å². The van der Waals surface area contributed by atoms with Crippen molar-refractivity contribution in [3.63, 3.8) is 0 Å². The Morgan fingerprint density at radius 1 is 1.17 bits per heavy atom. The van der Waals surface area contributed by atoms with Crippen molar-refractivity contribution in [2.75, 3.05) is 31.6 Å². The summed E-state index contributed by atoms with van der Waals surface area (Å²) in [6.07, 6.45) is -3.88. The van der Waals surface area contributed by atoms with Gasteiger partial charge in [-0.2, -0.15) is 13.2 Å². The smallest absolute Gasteiger partial charge is 0.416 e. The Morgan fingerprint density at radius 2 is 1.80 bits per heavy atom. The fourth-order valence-corrected chi connectivity index (χ4v) is 4.59. The van der Waals surface area contributed by atoms with Gasteiger partial charge >= 0.3 is 12.3 Å². The third kappa shape index (κ3) is 4.06. The summed E-state index contributed by atoms with van der Waals surface area (Å²) < 4.78 is 58.3. The van der Waals surface area contributed by atoms with Crippen molar-refractivity contribution in [2.45, 2.75) is 31.6 Å². The number of carbonyl (C=O) groups excluding carboxylic acids is 3. The number of alkyl halides is 3. The van der Waals surface area contributed by atoms with Crippen LogP contribution in [0.5, 0.6) is 0 Å². The van der Waals surface area contributed by atoms with Crippen molar-refractivity contribution in [3.8, 4) is 0 Å². The summed E-state index contributed by atoms with van der Waals surface area (Å²) in [5, 5.41) is 0. The minimum absolute atomic E-state index is 0.223. The highest BCUT2D eigenvalue weighted by Gasteiger charge is 2.62. The van der Waals surface area contributed by atoms with Crippen LogP contribution in [0.2, 0.25) is 0 Å². The second-order valence-corrected chi connectivity index (χ2v) is 8.63. The molecule has 2 fully saturated rings. The Balaban J connectivity index is 1.72. The van der Waals surface area contributed by atoms with E-state index < -0.39 is 53.6 Å². The number of hydrogen-bond acceptors (Lipinski definition) is 5. The molecule has 2 aliphatic rings. The van der Waals surface area contributed by atoms with Crippen molar-refractivity contribution in [3.05, 3.63) is 59.0 Å². The van der Waals surface area contributed by atoms with E-state index in [1.54, 1.807) is 13.8 Å². The molecule has 3 heterocycles. The molecule has 4 rings (SSSR count). The van der Waals surface area contributed by atoms with Crippen molar-refractivity contribution in [1.29, 1.82) is 0 Å². The molecule has 12 heteroatoms. The summed E-state index contributed by atoms with van der Waals surface area (Å²) in [5.74, 6) is -2.31. The number of benzene rings is 1. The molecule has 1 spiro atoms. The van der Waals surface area contributed by atoms with Gasteiger partial charge in [-0.25, -0.2) is 14.2 Å². The minimum atomic E-state index is -4.53. The normalized spacial score (nSPS) is 18.5. The molecule has 35 heavy (non-hydrogen) atoms. The summed E-state index contributed by atoms with van der Waals surface area (Å²) in [6.45, 7) is 2.24. The molecule has 2 aromatic rings. The largest absolute Gasteiger partial charge is 0.453 e. The quantitative estimate of drug-likeness (QED) is 0.612. The average Bonchev–Trinajstić information content (AvgIpc) is 2.77. The number of hydrogen-bond donors (Lipinski definition) is 0. The van der Waals surface area contributed by atoms with Crippen LogP contribution in [-0.2, 0) is 20.5 Å². The molecule has 0 saturated carbocycles. The van der Waals surface area contributed by atoms with Gasteiger partial charge in [-0.05, 0) is 43.2 Å². The Morgan fingerprint density at radius 3 is 2.34 bits per heavy atom. The number of ether oxygens (including phenoxy) is 1. The number of amides is 3. The van der Waals surface area contributed by atoms with Crippen LogP contribution in [0.15, 0.2) is 36.5 Å². The van der Waals surface area contributed by atoms with E-state index in [9.17, 15) is 31.9 Å². The molecule has 1 aromatic carbocycles. The molecule has 3 amide bonds. The zero-order valence-electron chi connectivity index (χ0n) is 19.1. The molecule has 1 atom stereocenters. The van der Waals surface area contributed by atoms with Gasteiger partial charge in [0.15, 0.2) is 17.2 Å². The van der Waals surface area contributed by atoms with Gasteiger partial charge in [-0.15, -0.1) is 0 Å². The molecular formula is C23H22F4N4O4. The molecule has 0 radical (unpaired) electrons. The van der Waals surface area contributed by atoms with Crippen LogP contribution in [0.25, 0.3) is 0 Å². The molecule has 2 aliphatic heterocycles. The number of anilines is 1. The van der Waals surface area contributed by atoms with Crippen LogP contribution in [0.1, 0.15) is 29.7 Å². The van der Waals surface area contributed by atoms with Crippen molar-refractivity contribution in [2.24, 2.45) is 0 Å². The molecule has 0 N–H and O–H groups in total. The van der Waals surface area contributed by atoms with Crippen LogP contribution < -0.4 is 4.90 Å². The number of aromatic nitrogens is 1. The zero-order chi connectivity index (χ0) is 25.7. The number of likely N-dealkylation sites (tertiary alicyclic amines) is 1. The van der Waals surface area contributed by atoms with E-state index in [4.69, 9.17) is 4.74 Å². The van der Waals surface area contributed by atoms with E-state index in [1.807, 2.05) is 0 Å². The maximum Gasteiger partial charge on any atom is 0.416 e. The summed E-state index contributed by atoms with van der Waals surface area (Å²) >= 11 is 0. The molecule has 8 nitrogen and oxygen atoms in total. The Bertz CT molecular complexity index is 1180. The predicted octanol–water partition coefficient (Wildman–Crippen LogP) is 3.31. The molecule has 0 bridgehead atoms. The second-order valence-electron chi connectivity index (χ2n) is 8.63. The predicted molar refractivity (Wildman–Crippen MR) is 115 cm³/mol. The second kappa shape index (κ2) is 8.51. The Labute approximate surface area is 198 Å². The zero-order valence-corrected chi connectivity index (χ0v) is 19.1. The molecule has 1 aromatic heterocycles. The van der Waals surface area contributed by atoms with Crippen molar-refractivity contribution in [1.82, 2.24) is 14.8 Å². The number of nitrogens with zero attached hydrogens (tertiary/aromatic N) is 4. The van der Waals surface area contributed by atoms with Gasteiger partial charge in [-0.3, -0.25) is 14.5 Å². The van der Waals surface area contributed by atoms with Gasteiger partial charge in [-0.1, -0.05) is 12.1 Å². The lowest BCUT2D eigenvalue weighted by atomic mass is 9.82. The van der Waals surface area contributed by atoms with Gasteiger partial charge in [0, 0.05) is 6.20 Å². The minimum Gasteiger partial charge on any atom is -0.453 e. The molecule has 2 saturated heterocycles. The van der Waals surface area contributed by atoms with E-state index in [0.717, 1.165) is 17.0 Å². The van der Waals surface area contributed by atoms with E-state index in [1.165, 1.54) is 41.3 Å². The van der Waals surface area contributed by atoms with Crippen LogP contribution >= 0.6 is 0 Å². The standard InChI is InChI=1S/C23H22F4N4O4/c1-13-8-17(24)19(28-9-13)30-10-18(32)31(22(20(30)33)11-29(12-22)21(34)35-3)14(2)15-4-6-16(7-5-15)23(25,26)27/h4-9,14H,10-12H2,1-3H3/t14-/m0/s1. The number of carbonyl (C=O) groups is 3. The molecule has 186 valence electrons. The number of piperazine rings is 1. The Kier molecular flexibility index (Phi) is 5.94. The summed E-state index contributed by atoms with van der Waals surface area (Å²) in [4.78, 5) is 46.5. The topological polar surface area (TPSA) is 83.0 Å². The van der Waals surface area contributed by atoms with E-state index in [2.05, 4.69) is 4.98 Å². The third-order valence-electron chi connectivity index (χ3n) is 6.33. The summed E-state index contributed by atoms with van der Waals surface area (Å²) in [6, 6.07) is 4.65. The van der Waals surface area contributed by atoms with Crippen molar-refractivity contribution < 1.29 is 36.7 Å².